The first-order chi connectivity index (χ1) is 16.8. The molecule has 0 bridgehead atoms. The molecular weight excluding hydrogens is 462 g/mol. The number of aliphatic hydroxyl groups is 1. The van der Waals surface area contributed by atoms with Gasteiger partial charge in [0.1, 0.15) is 18.2 Å². The number of carbonyl (C=O) groups is 1. The van der Waals surface area contributed by atoms with Crippen molar-refractivity contribution in [2.45, 2.75) is 13.0 Å². The number of nitrogen functional groups attached to an aromatic ring is 1. The van der Waals surface area contributed by atoms with Crippen LogP contribution in [-0.2, 0) is 0 Å². The Hall–Kier alpha value is -4.15. The first-order valence-electron chi connectivity index (χ1n) is 10.8. The number of rotatable bonds is 5. The maximum atomic E-state index is 13.2. The van der Waals surface area contributed by atoms with Gasteiger partial charge in [-0.25, -0.2) is 15.0 Å². The summed E-state index contributed by atoms with van der Waals surface area (Å²) in [6.45, 7) is 1.89. The molecule has 4 N–H and O–H groups in total. The van der Waals surface area contributed by atoms with Crippen LogP contribution in [0.4, 0.5) is 17.2 Å². The van der Waals surface area contributed by atoms with Crippen molar-refractivity contribution in [2.75, 3.05) is 30.0 Å². The van der Waals surface area contributed by atoms with Gasteiger partial charge >= 0.3 is 0 Å². The third-order valence-electron chi connectivity index (χ3n) is 5.85. The van der Waals surface area contributed by atoms with E-state index in [-0.39, 0.29) is 5.91 Å². The molecular formula is C25H23N7O2S. The number of carbonyl (C=O) groups excluding carboxylic acids is 1. The molecule has 0 spiro atoms. The molecule has 0 aliphatic carbocycles. The number of nitrogens with two attached hydrogens (primary N) is 1. The number of aryl methyl sites for hydroxylation is 1. The Morgan fingerprint density at radius 2 is 1.94 bits per heavy atom. The van der Waals surface area contributed by atoms with Crippen LogP contribution in [0.15, 0.2) is 54.6 Å². The van der Waals surface area contributed by atoms with Gasteiger partial charge in [-0.1, -0.05) is 18.2 Å². The Labute approximate surface area is 205 Å². The average Bonchev–Trinajstić information content (AvgIpc) is 3.30. The van der Waals surface area contributed by atoms with E-state index in [0.29, 0.717) is 44.5 Å². The number of benzene rings is 1. The van der Waals surface area contributed by atoms with Crippen LogP contribution in [0.3, 0.4) is 0 Å². The lowest BCUT2D eigenvalue weighted by Gasteiger charge is -2.18. The number of fused-ring (bicyclic) bond motifs is 2. The molecule has 4 aromatic heterocycles. The monoisotopic (exact) mass is 485 g/mol. The van der Waals surface area contributed by atoms with E-state index in [4.69, 9.17) is 5.73 Å². The molecule has 9 nitrogen and oxygen atoms in total. The fourth-order valence-corrected chi connectivity index (χ4v) is 4.84. The number of aliphatic hydroxyl groups excluding tert-OH is 1. The van der Waals surface area contributed by atoms with Crippen LogP contribution in [0, 0.1) is 6.92 Å². The molecule has 1 amide bonds. The Bertz CT molecular complexity index is 1560. The number of pyridine rings is 2. The molecule has 0 fully saturated rings. The summed E-state index contributed by atoms with van der Waals surface area (Å²) in [6, 6.07) is 7.38. The average molecular weight is 486 g/mol. The van der Waals surface area contributed by atoms with Crippen LogP contribution >= 0.6 is 11.3 Å². The Morgan fingerprint density at radius 3 is 2.69 bits per heavy atom. The minimum atomic E-state index is -1.02. The second-order valence-electron chi connectivity index (χ2n) is 8.36. The van der Waals surface area contributed by atoms with Crippen molar-refractivity contribution in [2.24, 2.45) is 0 Å². The maximum absolute atomic E-state index is 13.2. The van der Waals surface area contributed by atoms with E-state index in [1.165, 1.54) is 23.9 Å². The van der Waals surface area contributed by atoms with Crippen molar-refractivity contribution in [3.05, 3.63) is 76.9 Å². The highest BCUT2D eigenvalue weighted by molar-refractivity contribution is 7.17. The first kappa shape index (κ1) is 22.6. The van der Waals surface area contributed by atoms with Crippen LogP contribution in [0.5, 0.6) is 0 Å². The minimum absolute atomic E-state index is 0.299. The Kier molecular flexibility index (Phi) is 5.75. The summed E-state index contributed by atoms with van der Waals surface area (Å²) in [5.74, 6) is 0.482. The molecule has 5 aromatic rings. The van der Waals surface area contributed by atoms with Gasteiger partial charge in [-0.3, -0.25) is 9.78 Å². The van der Waals surface area contributed by atoms with Crippen molar-refractivity contribution in [1.29, 1.82) is 0 Å². The van der Waals surface area contributed by atoms with Crippen LogP contribution in [-0.4, -0.2) is 45.0 Å². The summed E-state index contributed by atoms with van der Waals surface area (Å²) >= 11 is 1.41. The van der Waals surface area contributed by atoms with Gasteiger partial charge in [0.15, 0.2) is 0 Å². The number of hydrogen-bond donors (Lipinski definition) is 3. The summed E-state index contributed by atoms with van der Waals surface area (Å²) in [6.07, 6.45) is 5.22. The highest BCUT2D eigenvalue weighted by atomic mass is 32.1. The number of nitrogens with zero attached hydrogens (tertiary/aromatic N) is 5. The maximum Gasteiger partial charge on any atom is 0.258 e. The van der Waals surface area contributed by atoms with E-state index in [0.717, 1.165) is 16.1 Å². The number of amides is 1. The van der Waals surface area contributed by atoms with Crippen molar-refractivity contribution in [3.63, 3.8) is 0 Å². The number of hydrogen-bond acceptors (Lipinski definition) is 9. The minimum Gasteiger partial charge on any atom is -0.397 e. The topological polar surface area (TPSA) is 130 Å². The SMILES string of the molecule is Cc1ccc2c(C(O)c3ccc(N(C)C)nc3)ncc(N)c2c1NC(=O)c1csc2cncnc12. The molecule has 4 heterocycles. The van der Waals surface area contributed by atoms with Gasteiger partial charge < -0.3 is 21.1 Å². The molecule has 1 unspecified atom stereocenters. The van der Waals surface area contributed by atoms with Crippen molar-refractivity contribution in [3.8, 4) is 0 Å². The summed E-state index contributed by atoms with van der Waals surface area (Å²) in [7, 11) is 3.80. The van der Waals surface area contributed by atoms with Gasteiger partial charge in [0, 0.05) is 48.2 Å². The van der Waals surface area contributed by atoms with Crippen molar-refractivity contribution >= 4 is 55.4 Å². The van der Waals surface area contributed by atoms with E-state index in [1.807, 2.05) is 50.2 Å². The molecule has 5 rings (SSSR count). The summed E-state index contributed by atoms with van der Waals surface area (Å²) < 4.78 is 0.829. The predicted octanol–water partition coefficient (Wildman–Crippen LogP) is 3.93. The van der Waals surface area contributed by atoms with Gasteiger partial charge in [0.25, 0.3) is 5.91 Å². The summed E-state index contributed by atoms with van der Waals surface area (Å²) in [4.78, 5) is 32.2. The van der Waals surface area contributed by atoms with E-state index in [2.05, 4.69) is 25.3 Å². The lowest BCUT2D eigenvalue weighted by Crippen LogP contribution is -2.14. The van der Waals surface area contributed by atoms with Gasteiger partial charge in [-0.05, 0) is 18.6 Å². The van der Waals surface area contributed by atoms with Crippen molar-refractivity contribution in [1.82, 2.24) is 19.9 Å². The zero-order chi connectivity index (χ0) is 24.7. The second-order valence-corrected chi connectivity index (χ2v) is 9.28. The number of aromatic nitrogens is 4. The fraction of sp³-hybridized carbons (Fsp3) is 0.160. The molecule has 1 atom stereocenters. The number of anilines is 3. The zero-order valence-corrected chi connectivity index (χ0v) is 20.2. The molecule has 0 saturated heterocycles. The van der Waals surface area contributed by atoms with Crippen LogP contribution in [0.2, 0.25) is 0 Å². The first-order valence-corrected chi connectivity index (χ1v) is 11.7. The van der Waals surface area contributed by atoms with Gasteiger partial charge in [-0.2, -0.15) is 0 Å². The molecule has 176 valence electrons. The van der Waals surface area contributed by atoms with Gasteiger partial charge in [0.2, 0.25) is 0 Å². The number of thiophene rings is 1. The summed E-state index contributed by atoms with van der Waals surface area (Å²) in [5, 5.41) is 17.2. The predicted molar refractivity (Wildman–Crippen MR) is 139 cm³/mol. The largest absolute Gasteiger partial charge is 0.397 e. The third kappa shape index (κ3) is 4.02. The lowest BCUT2D eigenvalue weighted by molar-refractivity contribution is 0.102. The van der Waals surface area contributed by atoms with Crippen molar-refractivity contribution < 1.29 is 9.90 Å². The molecule has 0 saturated carbocycles. The quantitative estimate of drug-likeness (QED) is 0.341. The molecule has 35 heavy (non-hydrogen) atoms. The summed E-state index contributed by atoms with van der Waals surface area (Å²) in [5.41, 5.74) is 10.2. The normalized spacial score (nSPS) is 12.1. The molecule has 10 heteroatoms. The van der Waals surface area contributed by atoms with Gasteiger partial charge in [-0.15, -0.1) is 11.3 Å². The highest BCUT2D eigenvalue weighted by Gasteiger charge is 2.21. The molecule has 0 aliphatic heterocycles. The third-order valence-corrected chi connectivity index (χ3v) is 6.75. The van der Waals surface area contributed by atoms with Crippen LogP contribution < -0.4 is 16.0 Å². The fourth-order valence-electron chi connectivity index (χ4n) is 3.98. The van der Waals surface area contributed by atoms with E-state index < -0.39 is 6.10 Å². The number of nitrogens with one attached hydrogen (secondary N) is 1. The Balaban J connectivity index is 1.57. The molecule has 0 aliphatic rings. The van der Waals surface area contributed by atoms with E-state index in [1.54, 1.807) is 17.8 Å². The standard InChI is InChI=1S/C25H23N7O2S/c1-13-4-6-15-20(21(13)31-25(34)16-11-35-18-10-27-12-30-22(16)18)17(26)9-29-23(15)24(33)14-5-7-19(28-8-14)32(2)3/h4-12,24,33H,26H2,1-3H3,(H,31,34). The smallest absolute Gasteiger partial charge is 0.258 e. The van der Waals surface area contributed by atoms with Crippen LogP contribution in [0.25, 0.3) is 21.0 Å². The van der Waals surface area contributed by atoms with Crippen LogP contribution in [0.1, 0.15) is 33.3 Å². The highest BCUT2D eigenvalue weighted by Crippen LogP contribution is 2.37. The zero-order valence-electron chi connectivity index (χ0n) is 19.4. The molecule has 1 aromatic carbocycles. The lowest BCUT2D eigenvalue weighted by atomic mass is 9.98. The van der Waals surface area contributed by atoms with Gasteiger partial charge in [0.05, 0.1) is 39.0 Å². The second kappa shape index (κ2) is 8.90. The van der Waals surface area contributed by atoms with E-state index in [9.17, 15) is 9.90 Å². The Morgan fingerprint density at radius 1 is 1.11 bits per heavy atom. The van der Waals surface area contributed by atoms with E-state index >= 15 is 0 Å². The molecule has 0 radical (unpaired) electrons.